The Kier molecular flexibility index (Phi) is 9.23. The standard InChI is InChI=1S/C28H35N7O3S.C2H4O2/c1-4-21-29-19-7-5-6-8-20(19)35(21)27-31-24(33-13-15-38-16-14-33)23-25(32-27)39-22(30-23)17-18-9-11-34(12-10-18)26(36)28(2,3)37;1-2(3)4/h5-8,18,37H,4,9-17H2,1-3H3;1H3,(H,3,4). The van der Waals surface area contributed by atoms with E-state index in [1.807, 2.05) is 18.2 Å². The maximum absolute atomic E-state index is 12.5. The largest absolute Gasteiger partial charge is 0.481 e. The lowest BCUT2D eigenvalue weighted by Crippen LogP contribution is -2.48. The first-order valence-electron chi connectivity index (χ1n) is 14.7. The molecule has 2 aliphatic heterocycles. The molecule has 0 saturated carbocycles. The van der Waals surface area contributed by atoms with Gasteiger partial charge in [-0.1, -0.05) is 30.4 Å². The van der Waals surface area contributed by atoms with E-state index >= 15 is 0 Å². The molecule has 5 heterocycles. The van der Waals surface area contributed by atoms with Crippen LogP contribution in [0.25, 0.3) is 27.3 Å². The lowest BCUT2D eigenvalue weighted by molar-refractivity contribution is -0.149. The van der Waals surface area contributed by atoms with E-state index in [-0.39, 0.29) is 5.91 Å². The molecule has 1 amide bonds. The molecule has 0 spiro atoms. The van der Waals surface area contributed by atoms with Gasteiger partial charge < -0.3 is 24.7 Å². The first kappa shape index (κ1) is 30.8. The van der Waals surface area contributed by atoms with E-state index in [9.17, 15) is 9.90 Å². The third-order valence-corrected chi connectivity index (χ3v) is 8.59. The maximum Gasteiger partial charge on any atom is 0.300 e. The molecular weight excluding hydrogens is 570 g/mol. The summed E-state index contributed by atoms with van der Waals surface area (Å²) in [6.45, 7) is 10.5. The number of thiazole rings is 1. The van der Waals surface area contributed by atoms with Crippen LogP contribution in [0.4, 0.5) is 5.82 Å². The van der Waals surface area contributed by atoms with Crippen LogP contribution in [-0.2, 0) is 27.2 Å². The Hall–Kier alpha value is -3.68. The highest BCUT2D eigenvalue weighted by molar-refractivity contribution is 7.18. The summed E-state index contributed by atoms with van der Waals surface area (Å²) in [5, 5.41) is 18.6. The fourth-order valence-electron chi connectivity index (χ4n) is 5.53. The van der Waals surface area contributed by atoms with Gasteiger partial charge in [-0.25, -0.2) is 9.97 Å². The van der Waals surface area contributed by atoms with Gasteiger partial charge in [0.2, 0.25) is 5.95 Å². The zero-order chi connectivity index (χ0) is 30.7. The van der Waals surface area contributed by atoms with Gasteiger partial charge in [-0.2, -0.15) is 9.97 Å². The highest BCUT2D eigenvalue weighted by Crippen LogP contribution is 2.33. The van der Waals surface area contributed by atoms with Crippen molar-refractivity contribution in [3.63, 3.8) is 0 Å². The van der Waals surface area contributed by atoms with Crippen LogP contribution < -0.4 is 4.90 Å². The summed E-state index contributed by atoms with van der Waals surface area (Å²) in [6.07, 6.45) is 3.40. The summed E-state index contributed by atoms with van der Waals surface area (Å²) in [6, 6.07) is 8.11. The van der Waals surface area contributed by atoms with Crippen LogP contribution in [0.2, 0.25) is 0 Å². The molecule has 2 N–H and O–H groups in total. The summed E-state index contributed by atoms with van der Waals surface area (Å²) < 4.78 is 7.70. The molecule has 43 heavy (non-hydrogen) atoms. The van der Waals surface area contributed by atoms with Crippen LogP contribution >= 0.6 is 11.3 Å². The number of likely N-dealkylation sites (tertiary alicyclic amines) is 1. The van der Waals surface area contributed by atoms with Crippen molar-refractivity contribution in [2.45, 2.75) is 59.0 Å². The van der Waals surface area contributed by atoms with Gasteiger partial charge in [-0.15, -0.1) is 0 Å². The zero-order valence-corrected chi connectivity index (χ0v) is 25.9. The number of hydrogen-bond donors (Lipinski definition) is 2. The van der Waals surface area contributed by atoms with E-state index in [0.29, 0.717) is 38.2 Å². The Labute approximate surface area is 254 Å². The van der Waals surface area contributed by atoms with Gasteiger partial charge in [0.1, 0.15) is 16.9 Å². The third-order valence-electron chi connectivity index (χ3n) is 7.62. The fraction of sp³-hybridized carbons (Fsp3) is 0.533. The van der Waals surface area contributed by atoms with Gasteiger partial charge in [0, 0.05) is 45.9 Å². The second-order valence-electron chi connectivity index (χ2n) is 11.4. The van der Waals surface area contributed by atoms with Gasteiger partial charge in [-0.05, 0) is 44.7 Å². The zero-order valence-electron chi connectivity index (χ0n) is 25.1. The smallest absolute Gasteiger partial charge is 0.300 e. The van der Waals surface area contributed by atoms with Crippen LogP contribution in [0.1, 0.15) is 51.4 Å². The minimum Gasteiger partial charge on any atom is -0.481 e. The van der Waals surface area contributed by atoms with Crippen LogP contribution in [0, 0.1) is 5.92 Å². The molecule has 2 aliphatic rings. The molecule has 12 nitrogen and oxygen atoms in total. The van der Waals surface area contributed by atoms with Crippen LogP contribution in [0.5, 0.6) is 0 Å². The summed E-state index contributed by atoms with van der Waals surface area (Å²) in [5.41, 5.74) is 1.45. The number of fused-ring (bicyclic) bond motifs is 2. The summed E-state index contributed by atoms with van der Waals surface area (Å²) in [7, 11) is 0. The number of aromatic nitrogens is 5. The second kappa shape index (κ2) is 12.9. The molecule has 6 rings (SSSR count). The highest BCUT2D eigenvalue weighted by Gasteiger charge is 2.32. The Morgan fingerprint density at radius 1 is 1.05 bits per heavy atom. The Morgan fingerprint density at radius 3 is 2.37 bits per heavy atom. The number of amides is 1. The molecule has 2 fully saturated rings. The van der Waals surface area contributed by atoms with Crippen LogP contribution in [-0.4, -0.2) is 96.5 Å². The molecule has 0 atom stereocenters. The van der Waals surface area contributed by atoms with E-state index in [1.165, 1.54) is 0 Å². The quantitative estimate of drug-likeness (QED) is 0.333. The number of ether oxygens (including phenoxy) is 1. The highest BCUT2D eigenvalue weighted by atomic mass is 32.1. The van der Waals surface area contributed by atoms with Crippen molar-refractivity contribution in [1.29, 1.82) is 0 Å². The molecule has 0 radical (unpaired) electrons. The van der Waals surface area contributed by atoms with Crippen molar-refractivity contribution in [1.82, 2.24) is 29.4 Å². The average Bonchev–Trinajstić information content (AvgIpc) is 3.57. The first-order valence-corrected chi connectivity index (χ1v) is 15.5. The third kappa shape index (κ3) is 6.94. The average molecular weight is 610 g/mol. The number of carbonyl (C=O) groups is 2. The molecule has 0 unspecified atom stereocenters. The number of aryl methyl sites for hydroxylation is 1. The Balaban J connectivity index is 0.000000868. The van der Waals surface area contributed by atoms with Crippen LogP contribution in [0.3, 0.4) is 0 Å². The van der Waals surface area contributed by atoms with Crippen molar-refractivity contribution in [3.05, 3.63) is 35.1 Å². The number of imidazole rings is 1. The minimum absolute atomic E-state index is 0.197. The number of nitrogens with zero attached hydrogens (tertiary/aromatic N) is 7. The molecule has 230 valence electrons. The summed E-state index contributed by atoms with van der Waals surface area (Å²) in [5.74, 6) is 1.81. The van der Waals surface area contributed by atoms with Gasteiger partial charge in [0.15, 0.2) is 10.6 Å². The van der Waals surface area contributed by atoms with Crippen LogP contribution in [0.15, 0.2) is 24.3 Å². The summed E-state index contributed by atoms with van der Waals surface area (Å²) in [4.78, 5) is 46.4. The summed E-state index contributed by atoms with van der Waals surface area (Å²) >= 11 is 1.64. The van der Waals surface area contributed by atoms with Crippen molar-refractivity contribution >= 4 is 50.4 Å². The molecule has 0 bridgehead atoms. The van der Waals surface area contributed by atoms with Crippen molar-refractivity contribution in [2.75, 3.05) is 44.3 Å². The number of morpholine rings is 1. The number of rotatable bonds is 6. The number of anilines is 1. The first-order chi connectivity index (χ1) is 20.5. The van der Waals surface area contributed by atoms with E-state index < -0.39 is 11.6 Å². The number of carboxylic acids is 1. The number of carbonyl (C=O) groups excluding carboxylic acids is 1. The van der Waals surface area contributed by atoms with Crippen molar-refractivity contribution in [2.24, 2.45) is 5.92 Å². The van der Waals surface area contributed by atoms with Crippen molar-refractivity contribution in [3.8, 4) is 5.95 Å². The van der Waals surface area contributed by atoms with E-state index in [4.69, 9.17) is 34.6 Å². The minimum atomic E-state index is -1.33. The monoisotopic (exact) mass is 609 g/mol. The molecule has 13 heteroatoms. The van der Waals surface area contributed by atoms with Gasteiger partial charge in [-0.3, -0.25) is 14.2 Å². The number of aliphatic carboxylic acids is 1. The van der Waals surface area contributed by atoms with Crippen molar-refractivity contribution < 1.29 is 24.5 Å². The molecule has 1 aromatic carbocycles. The fourth-order valence-corrected chi connectivity index (χ4v) is 6.57. The second-order valence-corrected chi connectivity index (χ2v) is 12.5. The molecule has 2 saturated heterocycles. The Bertz CT molecular complexity index is 1590. The molecule has 4 aromatic rings. The molecular formula is C30H39N7O5S. The van der Waals surface area contributed by atoms with E-state index in [2.05, 4.69) is 22.5 Å². The maximum atomic E-state index is 12.5. The van der Waals surface area contributed by atoms with E-state index in [1.54, 1.807) is 30.1 Å². The lowest BCUT2D eigenvalue weighted by atomic mass is 9.93. The number of hydrogen-bond acceptors (Lipinski definition) is 10. The van der Waals surface area contributed by atoms with Gasteiger partial charge >= 0.3 is 0 Å². The SMILES string of the molecule is CC(=O)O.CCc1nc2ccccc2n1-c1nc(N2CCOCC2)c2nc(CC3CCN(C(=O)C(C)(C)O)CC3)sc2n1. The topological polar surface area (TPSA) is 147 Å². The lowest BCUT2D eigenvalue weighted by Gasteiger charge is -2.34. The number of piperidine rings is 1. The molecule has 0 aliphatic carbocycles. The predicted octanol–water partition coefficient (Wildman–Crippen LogP) is 3.47. The van der Waals surface area contributed by atoms with Gasteiger partial charge in [0.25, 0.3) is 11.9 Å². The number of aliphatic hydroxyl groups is 1. The number of carboxylic acid groups (broad SMARTS) is 1. The number of benzene rings is 1. The predicted molar refractivity (Wildman–Crippen MR) is 165 cm³/mol. The normalized spacial score (nSPS) is 16.4. The van der Waals surface area contributed by atoms with Gasteiger partial charge in [0.05, 0.1) is 29.3 Å². The molecule has 3 aromatic heterocycles. The number of para-hydroxylation sites is 2. The van der Waals surface area contributed by atoms with E-state index in [0.717, 1.165) is 83.7 Å². The Morgan fingerprint density at radius 2 is 1.72 bits per heavy atom.